The van der Waals surface area contributed by atoms with E-state index in [4.69, 9.17) is 13.3 Å². The third-order valence-electron chi connectivity index (χ3n) is 3.61. The van der Waals surface area contributed by atoms with Gasteiger partial charge in [-0.1, -0.05) is 20.8 Å². The van der Waals surface area contributed by atoms with E-state index in [-0.39, 0.29) is 5.67 Å². The molecule has 0 spiro atoms. The van der Waals surface area contributed by atoms with Crippen LogP contribution < -0.4 is 0 Å². The predicted molar refractivity (Wildman–Crippen MR) is 89.1 cm³/mol. The van der Waals surface area contributed by atoms with Crippen molar-refractivity contribution in [1.82, 2.24) is 4.90 Å². The molecule has 0 aromatic heterocycles. The molecule has 2 N–H and O–H groups in total. The van der Waals surface area contributed by atoms with Gasteiger partial charge in [0.1, 0.15) is 12.5 Å². The fourth-order valence-electron chi connectivity index (χ4n) is 2.70. The van der Waals surface area contributed by atoms with Crippen LogP contribution in [0, 0.1) is 0 Å². The van der Waals surface area contributed by atoms with Crippen LogP contribution in [0.25, 0.3) is 0 Å². The number of hydrogen-bond acceptors (Lipinski definition) is 6. The van der Waals surface area contributed by atoms with E-state index in [1.807, 2.05) is 41.5 Å². The van der Waals surface area contributed by atoms with E-state index in [9.17, 15) is 10.2 Å². The molecular formula is C15H35NO5Si. The van der Waals surface area contributed by atoms with Crippen molar-refractivity contribution in [2.24, 2.45) is 0 Å². The standard InChI is InChI=1S/C15H35NO5Si/c1-7-13(17)16(14(18)8-2)15(9-3)22(19-10-4,20-11-5)21-12-6/h13-15,17-18H,7-12H2,1-6H3. The van der Waals surface area contributed by atoms with Crippen molar-refractivity contribution in [1.29, 1.82) is 0 Å². The van der Waals surface area contributed by atoms with E-state index < -0.39 is 21.3 Å². The van der Waals surface area contributed by atoms with Crippen molar-refractivity contribution in [3.8, 4) is 0 Å². The summed E-state index contributed by atoms with van der Waals surface area (Å²) in [5, 5.41) is 20.8. The van der Waals surface area contributed by atoms with Crippen LogP contribution in [0.5, 0.6) is 0 Å². The lowest BCUT2D eigenvalue weighted by atomic mass is 10.2. The van der Waals surface area contributed by atoms with Crippen LogP contribution in [0.15, 0.2) is 0 Å². The number of rotatable bonds is 13. The molecule has 0 rings (SSSR count). The monoisotopic (exact) mass is 337 g/mol. The molecule has 0 aromatic rings. The molecule has 0 radical (unpaired) electrons. The summed E-state index contributed by atoms with van der Waals surface area (Å²) in [5.41, 5.74) is -0.280. The fourth-order valence-corrected chi connectivity index (χ4v) is 5.94. The van der Waals surface area contributed by atoms with E-state index in [1.54, 1.807) is 4.90 Å². The van der Waals surface area contributed by atoms with Crippen molar-refractivity contribution in [3.63, 3.8) is 0 Å². The first-order chi connectivity index (χ1) is 10.5. The zero-order valence-corrected chi connectivity index (χ0v) is 16.0. The Morgan fingerprint density at radius 1 is 0.727 bits per heavy atom. The van der Waals surface area contributed by atoms with Gasteiger partial charge in [-0.2, -0.15) is 0 Å². The van der Waals surface area contributed by atoms with Crippen LogP contribution in [0.4, 0.5) is 0 Å². The highest BCUT2D eigenvalue weighted by molar-refractivity contribution is 6.62. The Kier molecular flexibility index (Phi) is 11.5. The van der Waals surface area contributed by atoms with E-state index in [0.29, 0.717) is 39.1 Å². The summed E-state index contributed by atoms with van der Waals surface area (Å²) in [7, 11) is -3.04. The molecule has 134 valence electrons. The third kappa shape index (κ3) is 5.56. The quantitative estimate of drug-likeness (QED) is 0.396. The van der Waals surface area contributed by atoms with Gasteiger partial charge < -0.3 is 23.5 Å². The maximum Gasteiger partial charge on any atom is 0.519 e. The van der Waals surface area contributed by atoms with Gasteiger partial charge in [0, 0.05) is 19.8 Å². The highest BCUT2D eigenvalue weighted by Gasteiger charge is 2.53. The largest absolute Gasteiger partial charge is 0.519 e. The van der Waals surface area contributed by atoms with Gasteiger partial charge in [-0.15, -0.1) is 0 Å². The lowest BCUT2D eigenvalue weighted by Gasteiger charge is -2.44. The highest BCUT2D eigenvalue weighted by atomic mass is 28.4. The van der Waals surface area contributed by atoms with E-state index in [2.05, 4.69) is 0 Å². The number of hydrogen-bond donors (Lipinski definition) is 2. The lowest BCUT2D eigenvalue weighted by Crippen LogP contribution is -2.66. The second-order valence-corrected chi connectivity index (χ2v) is 7.79. The van der Waals surface area contributed by atoms with Crippen LogP contribution in [0.1, 0.15) is 60.8 Å². The molecule has 0 aliphatic rings. The van der Waals surface area contributed by atoms with Gasteiger partial charge in [-0.25, -0.2) is 4.90 Å². The van der Waals surface area contributed by atoms with Gasteiger partial charge in [0.15, 0.2) is 0 Å². The summed E-state index contributed by atoms with van der Waals surface area (Å²) in [5.74, 6) is 0. The molecule has 0 heterocycles. The summed E-state index contributed by atoms with van der Waals surface area (Å²) in [6, 6.07) is 0. The minimum Gasteiger partial charge on any atom is -0.378 e. The Bertz CT molecular complexity index is 256. The summed E-state index contributed by atoms with van der Waals surface area (Å²) in [4.78, 5) is 1.70. The van der Waals surface area contributed by atoms with Gasteiger partial charge >= 0.3 is 8.80 Å². The molecule has 0 saturated carbocycles. The molecule has 0 saturated heterocycles. The molecule has 0 bridgehead atoms. The molecule has 3 atom stereocenters. The number of nitrogens with zero attached hydrogens (tertiary/aromatic N) is 1. The summed E-state index contributed by atoms with van der Waals surface area (Å²) in [6.45, 7) is 12.9. The molecule has 0 aromatic carbocycles. The van der Waals surface area contributed by atoms with Gasteiger partial charge in [-0.3, -0.25) is 0 Å². The first-order valence-corrected chi connectivity index (χ1v) is 10.3. The first kappa shape index (κ1) is 22.0. The lowest BCUT2D eigenvalue weighted by molar-refractivity contribution is -0.129. The van der Waals surface area contributed by atoms with Crippen molar-refractivity contribution in [2.75, 3.05) is 19.8 Å². The zero-order valence-electron chi connectivity index (χ0n) is 15.0. The first-order valence-electron chi connectivity index (χ1n) is 8.53. The van der Waals surface area contributed by atoms with Crippen LogP contribution in [-0.2, 0) is 13.3 Å². The molecule has 3 unspecified atom stereocenters. The molecule has 22 heavy (non-hydrogen) atoms. The maximum atomic E-state index is 10.4. The second-order valence-electron chi connectivity index (χ2n) is 5.05. The molecule has 7 heteroatoms. The average molecular weight is 338 g/mol. The van der Waals surface area contributed by atoms with Gasteiger partial charge in [-0.05, 0) is 40.0 Å². The average Bonchev–Trinajstić information content (AvgIpc) is 2.51. The molecule has 0 fully saturated rings. The highest BCUT2D eigenvalue weighted by Crippen LogP contribution is 2.27. The molecule has 6 nitrogen and oxygen atoms in total. The van der Waals surface area contributed by atoms with Crippen molar-refractivity contribution >= 4 is 8.80 Å². The van der Waals surface area contributed by atoms with E-state index in [1.165, 1.54) is 0 Å². The Hall–Kier alpha value is -0.0231. The van der Waals surface area contributed by atoms with Crippen LogP contribution in [-0.4, -0.2) is 61.9 Å². The van der Waals surface area contributed by atoms with Crippen LogP contribution in [0.3, 0.4) is 0 Å². The minimum absolute atomic E-state index is 0.280. The van der Waals surface area contributed by atoms with Crippen molar-refractivity contribution in [2.45, 2.75) is 78.9 Å². The number of aliphatic hydroxyl groups is 2. The second kappa shape index (κ2) is 11.5. The Balaban J connectivity index is 5.71. The smallest absolute Gasteiger partial charge is 0.378 e. The molecule has 0 amide bonds. The van der Waals surface area contributed by atoms with Crippen LogP contribution in [0.2, 0.25) is 0 Å². The maximum absolute atomic E-state index is 10.4. The predicted octanol–water partition coefficient (Wildman–Crippen LogP) is 2.11. The summed E-state index contributed by atoms with van der Waals surface area (Å²) >= 11 is 0. The van der Waals surface area contributed by atoms with Gasteiger partial charge in [0.2, 0.25) is 0 Å². The van der Waals surface area contributed by atoms with Gasteiger partial charge in [0.25, 0.3) is 0 Å². The van der Waals surface area contributed by atoms with E-state index >= 15 is 0 Å². The minimum atomic E-state index is -3.04. The van der Waals surface area contributed by atoms with E-state index in [0.717, 1.165) is 0 Å². The summed E-state index contributed by atoms with van der Waals surface area (Å²) in [6.07, 6.45) is 0.187. The Labute approximate surface area is 136 Å². The van der Waals surface area contributed by atoms with Crippen molar-refractivity contribution < 1.29 is 23.5 Å². The molecular weight excluding hydrogens is 302 g/mol. The zero-order chi connectivity index (χ0) is 17.2. The Morgan fingerprint density at radius 2 is 1.09 bits per heavy atom. The van der Waals surface area contributed by atoms with Crippen molar-refractivity contribution in [3.05, 3.63) is 0 Å². The van der Waals surface area contributed by atoms with Gasteiger partial charge in [0.05, 0.1) is 5.67 Å². The molecule has 0 aliphatic heterocycles. The SMILES string of the molecule is CCO[Si](OCC)(OCC)C(CC)N(C(O)CC)C(O)CC. The Morgan fingerprint density at radius 3 is 1.32 bits per heavy atom. The van der Waals surface area contributed by atoms with Crippen LogP contribution >= 0.6 is 0 Å². The normalized spacial score (nSPS) is 16.8. The molecule has 0 aliphatic carbocycles. The topological polar surface area (TPSA) is 71.4 Å². The third-order valence-corrected chi connectivity index (χ3v) is 7.21. The number of aliphatic hydroxyl groups excluding tert-OH is 2. The fraction of sp³-hybridized carbons (Fsp3) is 1.00. The summed E-state index contributed by atoms with van der Waals surface area (Å²) < 4.78 is 17.9.